The topological polar surface area (TPSA) is 60.1 Å². The minimum atomic E-state index is -0.305. The summed E-state index contributed by atoms with van der Waals surface area (Å²) in [6.07, 6.45) is 0. The van der Waals surface area contributed by atoms with Crippen molar-refractivity contribution in [2.75, 3.05) is 7.05 Å². The Hall–Kier alpha value is -2.25. The zero-order valence-electron chi connectivity index (χ0n) is 13.3. The first-order valence-corrected chi connectivity index (χ1v) is 8.06. The Morgan fingerprint density at radius 3 is 2.61 bits per heavy atom. The molecule has 0 atom stereocenters. The standard InChI is InChI=1S/C16H18N4O2S/c1-18(9-11-8-15(21)20(3)16(22)19(11)2)10-14-17-12-6-4-5-7-13(12)23-14/h4-8H,9-10H2,1-3H3. The second kappa shape index (κ2) is 6.10. The molecule has 1 aromatic carbocycles. The molecule has 0 saturated carbocycles. The zero-order chi connectivity index (χ0) is 16.6. The Bertz CT molecular complexity index is 937. The average molecular weight is 330 g/mol. The highest BCUT2D eigenvalue weighted by atomic mass is 32.1. The van der Waals surface area contributed by atoms with Gasteiger partial charge in [0, 0.05) is 32.4 Å². The monoisotopic (exact) mass is 330 g/mol. The van der Waals surface area contributed by atoms with Crippen LogP contribution >= 0.6 is 11.3 Å². The quantitative estimate of drug-likeness (QED) is 0.724. The van der Waals surface area contributed by atoms with E-state index in [2.05, 4.69) is 11.1 Å². The fraction of sp³-hybridized carbons (Fsp3) is 0.312. The zero-order valence-corrected chi connectivity index (χ0v) is 14.1. The number of para-hydroxylation sites is 1. The van der Waals surface area contributed by atoms with Gasteiger partial charge in [-0.1, -0.05) is 12.1 Å². The van der Waals surface area contributed by atoms with Crippen molar-refractivity contribution in [3.05, 3.63) is 61.9 Å². The SMILES string of the molecule is CN(Cc1nc2ccccc2s1)Cc1cc(=O)n(C)c(=O)n1C. The average Bonchev–Trinajstić information content (AvgIpc) is 2.92. The second-order valence-electron chi connectivity index (χ2n) is 5.62. The van der Waals surface area contributed by atoms with Gasteiger partial charge in [-0.15, -0.1) is 11.3 Å². The van der Waals surface area contributed by atoms with E-state index in [1.165, 1.54) is 17.7 Å². The molecule has 0 bridgehead atoms. The summed E-state index contributed by atoms with van der Waals surface area (Å²) in [5, 5.41) is 1.02. The van der Waals surface area contributed by atoms with E-state index in [0.717, 1.165) is 19.8 Å². The Morgan fingerprint density at radius 1 is 1.13 bits per heavy atom. The lowest BCUT2D eigenvalue weighted by Crippen LogP contribution is -2.39. The minimum Gasteiger partial charge on any atom is -0.299 e. The molecule has 0 spiro atoms. The molecule has 0 saturated heterocycles. The molecule has 0 unspecified atom stereocenters. The summed E-state index contributed by atoms with van der Waals surface area (Å²) in [4.78, 5) is 30.4. The fourth-order valence-corrected chi connectivity index (χ4v) is 3.53. The van der Waals surface area contributed by atoms with Gasteiger partial charge >= 0.3 is 5.69 Å². The molecule has 0 aliphatic heterocycles. The molecule has 3 rings (SSSR count). The summed E-state index contributed by atoms with van der Waals surface area (Å²) < 4.78 is 3.78. The van der Waals surface area contributed by atoms with E-state index in [-0.39, 0.29) is 11.2 Å². The third-order valence-electron chi connectivity index (χ3n) is 3.80. The van der Waals surface area contributed by atoms with Crippen LogP contribution in [0.25, 0.3) is 10.2 Å². The number of fused-ring (bicyclic) bond motifs is 1. The normalized spacial score (nSPS) is 11.5. The smallest absolute Gasteiger partial charge is 0.299 e. The van der Waals surface area contributed by atoms with Gasteiger partial charge in [0.2, 0.25) is 0 Å². The van der Waals surface area contributed by atoms with Crippen molar-refractivity contribution in [3.63, 3.8) is 0 Å². The molecule has 7 heteroatoms. The first kappa shape index (κ1) is 15.6. The molecule has 120 valence electrons. The molecule has 0 fully saturated rings. The summed E-state index contributed by atoms with van der Waals surface area (Å²) >= 11 is 1.66. The summed E-state index contributed by atoms with van der Waals surface area (Å²) in [6, 6.07) is 9.55. The van der Waals surface area contributed by atoms with Gasteiger partial charge in [-0.05, 0) is 19.2 Å². The van der Waals surface area contributed by atoms with Gasteiger partial charge in [-0.3, -0.25) is 18.8 Å². The number of nitrogens with zero attached hydrogens (tertiary/aromatic N) is 4. The van der Waals surface area contributed by atoms with Crippen LogP contribution in [0.15, 0.2) is 39.9 Å². The third-order valence-corrected chi connectivity index (χ3v) is 4.82. The molecule has 0 amide bonds. The fourth-order valence-electron chi connectivity index (χ4n) is 2.48. The maximum atomic E-state index is 12.0. The van der Waals surface area contributed by atoms with E-state index in [0.29, 0.717) is 18.8 Å². The van der Waals surface area contributed by atoms with E-state index in [1.807, 2.05) is 30.1 Å². The van der Waals surface area contributed by atoms with Crippen molar-refractivity contribution >= 4 is 21.6 Å². The molecule has 0 aliphatic carbocycles. The van der Waals surface area contributed by atoms with Gasteiger partial charge in [0.15, 0.2) is 0 Å². The maximum absolute atomic E-state index is 12.0. The molecular weight excluding hydrogens is 312 g/mol. The van der Waals surface area contributed by atoms with Crippen LogP contribution in [0.2, 0.25) is 0 Å². The van der Waals surface area contributed by atoms with Gasteiger partial charge in [-0.25, -0.2) is 9.78 Å². The second-order valence-corrected chi connectivity index (χ2v) is 6.74. The third kappa shape index (κ3) is 3.11. The maximum Gasteiger partial charge on any atom is 0.330 e. The van der Waals surface area contributed by atoms with E-state index in [9.17, 15) is 9.59 Å². The summed E-state index contributed by atoms with van der Waals surface area (Å²) in [6.45, 7) is 1.18. The van der Waals surface area contributed by atoms with Crippen molar-refractivity contribution in [2.24, 2.45) is 14.1 Å². The lowest BCUT2D eigenvalue weighted by atomic mass is 10.3. The van der Waals surface area contributed by atoms with Crippen LogP contribution in [-0.2, 0) is 27.2 Å². The predicted molar refractivity (Wildman–Crippen MR) is 91.7 cm³/mol. The lowest BCUT2D eigenvalue weighted by molar-refractivity contribution is 0.308. The largest absolute Gasteiger partial charge is 0.330 e. The van der Waals surface area contributed by atoms with Crippen LogP contribution in [0, 0.1) is 0 Å². The molecule has 2 heterocycles. The van der Waals surface area contributed by atoms with Crippen LogP contribution < -0.4 is 11.2 Å². The minimum absolute atomic E-state index is 0.281. The summed E-state index contributed by atoms with van der Waals surface area (Å²) in [5.74, 6) is 0. The molecule has 6 nitrogen and oxygen atoms in total. The summed E-state index contributed by atoms with van der Waals surface area (Å²) in [5.41, 5.74) is 1.11. The van der Waals surface area contributed by atoms with Crippen molar-refractivity contribution in [1.29, 1.82) is 0 Å². The Labute approximate surface area is 137 Å². The van der Waals surface area contributed by atoms with Crippen LogP contribution in [0.3, 0.4) is 0 Å². The number of benzene rings is 1. The van der Waals surface area contributed by atoms with Crippen LogP contribution in [-0.4, -0.2) is 26.1 Å². The van der Waals surface area contributed by atoms with Gasteiger partial charge in [-0.2, -0.15) is 0 Å². The Morgan fingerprint density at radius 2 is 1.87 bits per heavy atom. The number of hydrogen-bond donors (Lipinski definition) is 0. The first-order valence-electron chi connectivity index (χ1n) is 7.24. The van der Waals surface area contributed by atoms with Crippen molar-refractivity contribution in [1.82, 2.24) is 19.0 Å². The van der Waals surface area contributed by atoms with Crippen LogP contribution in [0.1, 0.15) is 10.7 Å². The van der Waals surface area contributed by atoms with E-state index in [4.69, 9.17) is 0 Å². The molecule has 23 heavy (non-hydrogen) atoms. The lowest BCUT2D eigenvalue weighted by Gasteiger charge is -2.17. The van der Waals surface area contributed by atoms with Gasteiger partial charge in [0.25, 0.3) is 5.56 Å². The van der Waals surface area contributed by atoms with E-state index >= 15 is 0 Å². The molecule has 0 N–H and O–H groups in total. The number of hydrogen-bond acceptors (Lipinski definition) is 5. The Kier molecular flexibility index (Phi) is 4.14. The van der Waals surface area contributed by atoms with Crippen molar-refractivity contribution in [2.45, 2.75) is 13.1 Å². The highest BCUT2D eigenvalue weighted by Gasteiger charge is 2.11. The number of aromatic nitrogens is 3. The summed E-state index contributed by atoms with van der Waals surface area (Å²) in [7, 11) is 5.12. The molecule has 3 aromatic rings. The first-order chi connectivity index (χ1) is 11.0. The van der Waals surface area contributed by atoms with Crippen molar-refractivity contribution in [3.8, 4) is 0 Å². The van der Waals surface area contributed by atoms with Gasteiger partial charge < -0.3 is 0 Å². The van der Waals surface area contributed by atoms with Gasteiger partial charge in [0.05, 0.1) is 16.8 Å². The molecule has 2 aromatic heterocycles. The Balaban J connectivity index is 1.81. The number of rotatable bonds is 4. The highest BCUT2D eigenvalue weighted by molar-refractivity contribution is 7.18. The number of thiazole rings is 1. The molecule has 0 aliphatic rings. The molecular formula is C16H18N4O2S. The van der Waals surface area contributed by atoms with E-state index < -0.39 is 0 Å². The van der Waals surface area contributed by atoms with Crippen LogP contribution in [0.4, 0.5) is 0 Å². The molecule has 0 radical (unpaired) electrons. The van der Waals surface area contributed by atoms with Crippen molar-refractivity contribution < 1.29 is 0 Å². The predicted octanol–water partition coefficient (Wildman–Crippen LogP) is 1.33. The van der Waals surface area contributed by atoms with E-state index in [1.54, 1.807) is 18.4 Å². The van der Waals surface area contributed by atoms with Gasteiger partial charge in [0.1, 0.15) is 5.01 Å². The highest BCUT2D eigenvalue weighted by Crippen LogP contribution is 2.22. The van der Waals surface area contributed by atoms with Crippen LogP contribution in [0.5, 0.6) is 0 Å².